The van der Waals surface area contributed by atoms with E-state index < -0.39 is 6.17 Å². The summed E-state index contributed by atoms with van der Waals surface area (Å²) in [6, 6.07) is 5.91. The van der Waals surface area contributed by atoms with Gasteiger partial charge in [-0.3, -0.25) is 0 Å². The summed E-state index contributed by atoms with van der Waals surface area (Å²) in [4.78, 5) is 0. The molecule has 15 heavy (non-hydrogen) atoms. The van der Waals surface area contributed by atoms with Gasteiger partial charge in [0.05, 0.1) is 0 Å². The Morgan fingerprint density at radius 2 is 2.13 bits per heavy atom. The van der Waals surface area contributed by atoms with Crippen molar-refractivity contribution in [1.29, 1.82) is 0 Å². The van der Waals surface area contributed by atoms with E-state index >= 15 is 0 Å². The lowest BCUT2D eigenvalue weighted by molar-refractivity contribution is 0.271. The molecule has 1 aliphatic heterocycles. The van der Waals surface area contributed by atoms with Crippen LogP contribution in [0.4, 0.5) is 4.39 Å². The maximum absolute atomic E-state index is 14.1. The molecule has 0 aromatic heterocycles. The zero-order valence-corrected chi connectivity index (χ0v) is 9.39. The molecule has 1 N–H and O–H groups in total. The summed E-state index contributed by atoms with van der Waals surface area (Å²) >= 11 is 0. The van der Waals surface area contributed by atoms with Crippen molar-refractivity contribution in [1.82, 2.24) is 5.32 Å². The summed E-state index contributed by atoms with van der Waals surface area (Å²) in [5.41, 5.74) is 3.22. The zero-order valence-electron chi connectivity index (χ0n) is 9.39. The number of aryl methyl sites for hydroxylation is 2. The van der Waals surface area contributed by atoms with Crippen molar-refractivity contribution in [2.75, 3.05) is 6.54 Å². The van der Waals surface area contributed by atoms with Crippen LogP contribution in [0.2, 0.25) is 0 Å². The van der Waals surface area contributed by atoms with Crippen molar-refractivity contribution in [2.45, 2.75) is 38.9 Å². The van der Waals surface area contributed by atoms with E-state index in [2.05, 4.69) is 12.2 Å². The SMILES string of the molecule is Cc1ccc(C(F)C2CCCN2)cc1C. The molecular formula is C13H18FN. The largest absolute Gasteiger partial charge is 0.311 e. The molecule has 2 heteroatoms. The molecule has 0 amide bonds. The van der Waals surface area contributed by atoms with Gasteiger partial charge in [0.2, 0.25) is 0 Å². The molecule has 2 rings (SSSR count). The summed E-state index contributed by atoms with van der Waals surface area (Å²) < 4.78 is 14.1. The minimum atomic E-state index is -0.855. The maximum Gasteiger partial charge on any atom is 0.140 e. The van der Waals surface area contributed by atoms with Gasteiger partial charge in [-0.25, -0.2) is 4.39 Å². The van der Waals surface area contributed by atoms with E-state index in [1.807, 2.05) is 25.1 Å². The average molecular weight is 207 g/mol. The van der Waals surface area contributed by atoms with Gasteiger partial charge >= 0.3 is 0 Å². The Labute approximate surface area is 90.7 Å². The van der Waals surface area contributed by atoms with Gasteiger partial charge in [0, 0.05) is 6.04 Å². The summed E-state index contributed by atoms with van der Waals surface area (Å²) in [5.74, 6) is 0. The Bertz CT molecular complexity index is 342. The molecule has 82 valence electrons. The van der Waals surface area contributed by atoms with Gasteiger partial charge in [0.15, 0.2) is 0 Å². The number of nitrogens with one attached hydrogen (secondary N) is 1. The Morgan fingerprint density at radius 1 is 1.33 bits per heavy atom. The number of benzene rings is 1. The van der Waals surface area contributed by atoms with Gasteiger partial charge in [-0.05, 0) is 49.9 Å². The number of alkyl halides is 1. The normalized spacial score (nSPS) is 23.0. The van der Waals surface area contributed by atoms with Gasteiger partial charge in [-0.2, -0.15) is 0 Å². The number of rotatable bonds is 2. The summed E-state index contributed by atoms with van der Waals surface area (Å²) in [6.07, 6.45) is 1.19. The van der Waals surface area contributed by atoms with Gasteiger partial charge in [0.25, 0.3) is 0 Å². The van der Waals surface area contributed by atoms with Crippen molar-refractivity contribution < 1.29 is 4.39 Å². The molecule has 1 aliphatic rings. The predicted octanol–water partition coefficient (Wildman–Crippen LogP) is 3.07. The minimum Gasteiger partial charge on any atom is -0.311 e. The molecule has 2 atom stereocenters. The summed E-state index contributed by atoms with van der Waals surface area (Å²) in [6.45, 7) is 5.05. The first kappa shape index (κ1) is 10.6. The fraction of sp³-hybridized carbons (Fsp3) is 0.538. The van der Waals surface area contributed by atoms with E-state index in [0.717, 1.165) is 24.9 Å². The molecule has 2 unspecified atom stereocenters. The van der Waals surface area contributed by atoms with E-state index in [0.29, 0.717) is 0 Å². The fourth-order valence-corrected chi connectivity index (χ4v) is 2.13. The second-order valence-corrected chi connectivity index (χ2v) is 4.45. The highest BCUT2D eigenvalue weighted by Crippen LogP contribution is 2.27. The van der Waals surface area contributed by atoms with Crippen LogP contribution in [0.25, 0.3) is 0 Å². The molecule has 1 saturated heterocycles. The monoisotopic (exact) mass is 207 g/mol. The molecule has 0 aliphatic carbocycles. The highest BCUT2D eigenvalue weighted by atomic mass is 19.1. The Balaban J connectivity index is 2.17. The Hall–Kier alpha value is -0.890. The van der Waals surface area contributed by atoms with Crippen LogP contribution < -0.4 is 5.32 Å². The predicted molar refractivity (Wildman–Crippen MR) is 60.8 cm³/mol. The van der Waals surface area contributed by atoms with E-state index in [1.165, 1.54) is 11.1 Å². The Morgan fingerprint density at radius 3 is 2.73 bits per heavy atom. The minimum absolute atomic E-state index is 0.0205. The molecule has 1 heterocycles. The van der Waals surface area contributed by atoms with Crippen LogP contribution >= 0.6 is 0 Å². The molecule has 0 spiro atoms. The van der Waals surface area contributed by atoms with Crippen LogP contribution in [0.5, 0.6) is 0 Å². The molecule has 0 saturated carbocycles. The summed E-state index contributed by atoms with van der Waals surface area (Å²) in [7, 11) is 0. The third-order valence-corrected chi connectivity index (χ3v) is 3.30. The molecule has 0 bridgehead atoms. The molecule has 1 nitrogen and oxygen atoms in total. The lowest BCUT2D eigenvalue weighted by atomic mass is 9.98. The molecule has 1 fully saturated rings. The first-order valence-corrected chi connectivity index (χ1v) is 5.63. The van der Waals surface area contributed by atoms with Crippen molar-refractivity contribution >= 4 is 0 Å². The number of hydrogen-bond donors (Lipinski definition) is 1. The third kappa shape index (κ3) is 2.20. The second-order valence-electron chi connectivity index (χ2n) is 4.45. The lowest BCUT2D eigenvalue weighted by Gasteiger charge is -2.17. The lowest BCUT2D eigenvalue weighted by Crippen LogP contribution is -2.26. The van der Waals surface area contributed by atoms with Crippen LogP contribution in [-0.2, 0) is 0 Å². The smallest absolute Gasteiger partial charge is 0.140 e. The highest BCUT2D eigenvalue weighted by molar-refractivity contribution is 5.31. The maximum atomic E-state index is 14.1. The molecule has 1 aromatic carbocycles. The first-order valence-electron chi connectivity index (χ1n) is 5.63. The van der Waals surface area contributed by atoms with Gasteiger partial charge in [-0.1, -0.05) is 18.2 Å². The average Bonchev–Trinajstić information content (AvgIpc) is 2.74. The first-order chi connectivity index (χ1) is 7.18. The van der Waals surface area contributed by atoms with Crippen LogP contribution in [0.3, 0.4) is 0 Å². The van der Waals surface area contributed by atoms with Crippen LogP contribution in [0, 0.1) is 13.8 Å². The molecular weight excluding hydrogens is 189 g/mol. The number of hydrogen-bond acceptors (Lipinski definition) is 1. The van der Waals surface area contributed by atoms with Crippen LogP contribution in [-0.4, -0.2) is 12.6 Å². The third-order valence-electron chi connectivity index (χ3n) is 3.30. The number of halogens is 1. The second kappa shape index (κ2) is 4.31. The van der Waals surface area contributed by atoms with E-state index in [1.54, 1.807) is 0 Å². The Kier molecular flexibility index (Phi) is 3.06. The van der Waals surface area contributed by atoms with Crippen molar-refractivity contribution in [2.24, 2.45) is 0 Å². The van der Waals surface area contributed by atoms with E-state index in [4.69, 9.17) is 0 Å². The van der Waals surface area contributed by atoms with Gasteiger partial charge in [-0.15, -0.1) is 0 Å². The van der Waals surface area contributed by atoms with Crippen molar-refractivity contribution in [3.63, 3.8) is 0 Å². The molecule has 0 radical (unpaired) electrons. The van der Waals surface area contributed by atoms with Gasteiger partial charge < -0.3 is 5.32 Å². The highest BCUT2D eigenvalue weighted by Gasteiger charge is 2.25. The fourth-order valence-electron chi connectivity index (χ4n) is 2.13. The standard InChI is InChI=1S/C13H18FN/c1-9-5-6-11(8-10(9)2)13(14)12-4-3-7-15-12/h5-6,8,12-13,15H,3-4,7H2,1-2H3. The van der Waals surface area contributed by atoms with Crippen LogP contribution in [0.1, 0.15) is 35.7 Å². The van der Waals surface area contributed by atoms with Crippen molar-refractivity contribution in [3.05, 3.63) is 34.9 Å². The van der Waals surface area contributed by atoms with E-state index in [-0.39, 0.29) is 6.04 Å². The summed E-state index contributed by atoms with van der Waals surface area (Å²) in [5, 5.41) is 3.21. The van der Waals surface area contributed by atoms with Gasteiger partial charge in [0.1, 0.15) is 6.17 Å². The quantitative estimate of drug-likeness (QED) is 0.786. The van der Waals surface area contributed by atoms with E-state index in [9.17, 15) is 4.39 Å². The molecule has 1 aromatic rings. The van der Waals surface area contributed by atoms with Crippen LogP contribution in [0.15, 0.2) is 18.2 Å². The van der Waals surface area contributed by atoms with Crippen molar-refractivity contribution in [3.8, 4) is 0 Å². The topological polar surface area (TPSA) is 12.0 Å². The zero-order chi connectivity index (χ0) is 10.8.